The summed E-state index contributed by atoms with van der Waals surface area (Å²) in [6.45, 7) is 0. The van der Waals surface area contributed by atoms with Crippen molar-refractivity contribution in [3.63, 3.8) is 0 Å². The van der Waals surface area contributed by atoms with E-state index in [1.807, 2.05) is 0 Å². The molecule has 0 rings (SSSR count). The Kier molecular flexibility index (Phi) is 16.7. The van der Waals surface area contributed by atoms with Crippen molar-refractivity contribution in [1.82, 2.24) is 0 Å². The summed E-state index contributed by atoms with van der Waals surface area (Å²) in [5.74, 6) is -1.46. The molecule has 0 saturated carbocycles. The Labute approximate surface area is 115 Å². The highest BCUT2D eigenvalue weighted by molar-refractivity contribution is 6.52. The van der Waals surface area contributed by atoms with Gasteiger partial charge in [-0.05, 0) is 0 Å². The summed E-state index contributed by atoms with van der Waals surface area (Å²) in [6.07, 6.45) is 0. The lowest BCUT2D eigenvalue weighted by Gasteiger charge is -2.14. The first kappa shape index (κ1) is 25.7. The molecule has 7 heteroatoms. The number of aliphatic carboxylic acids is 1. The molecule has 0 radical (unpaired) electrons. The van der Waals surface area contributed by atoms with Gasteiger partial charge in [-0.25, -0.2) is 0 Å². The van der Waals surface area contributed by atoms with Crippen LogP contribution in [-0.2, 0) is 4.79 Å². The number of alkyl halides is 2. The van der Waals surface area contributed by atoms with Gasteiger partial charge in [-0.3, -0.25) is 0 Å². The lowest BCUT2D eigenvalue weighted by atomic mass is 10.8. The highest BCUT2D eigenvalue weighted by Gasteiger charge is 1.93. The highest BCUT2D eigenvalue weighted by Crippen LogP contribution is 1.96. The topological polar surface area (TPSA) is 70.1 Å². The molecule has 0 fully saturated rings. The largest absolute Gasteiger partial charge is 0.870 e. The molecular weight excluding hydrogens is 267 g/mol. The number of nitrogens with zero attached hydrogens (tertiary/aromatic N) is 2. The van der Waals surface area contributed by atoms with Crippen molar-refractivity contribution in [2.75, 3.05) is 56.4 Å². The third-order valence-corrected chi connectivity index (χ3v) is 0.535. The highest BCUT2D eigenvalue weighted by atomic mass is 35.5. The van der Waals surface area contributed by atoms with Crippen LogP contribution < -0.4 is 5.11 Å². The Balaban J connectivity index is -0.0000000729. The molecule has 0 aromatic rings. The summed E-state index contributed by atoms with van der Waals surface area (Å²) in [6, 6.07) is 0. The van der Waals surface area contributed by atoms with Gasteiger partial charge in [-0.1, -0.05) is 23.2 Å². The molecule has 0 amide bonds. The third-order valence-electron chi connectivity index (χ3n) is 0.178. The number of halogens is 2. The second-order valence-electron chi connectivity index (χ2n) is 5.99. The van der Waals surface area contributed by atoms with Gasteiger partial charge in [-0.15, -0.1) is 0 Å². The van der Waals surface area contributed by atoms with E-state index in [4.69, 9.17) is 23.2 Å². The molecule has 0 spiro atoms. The maximum absolute atomic E-state index is 9.32. The lowest BCUT2D eigenvalue weighted by molar-refractivity contribution is -0.849. The predicted molar refractivity (Wildman–Crippen MR) is 70.3 cm³/mol. The molecule has 0 aliphatic heterocycles. The summed E-state index contributed by atoms with van der Waals surface area (Å²) in [5.41, 5.74) is 0. The lowest BCUT2D eigenvalue weighted by Crippen LogP contribution is -2.28. The van der Waals surface area contributed by atoms with Gasteiger partial charge >= 0.3 is 0 Å². The van der Waals surface area contributed by atoms with Crippen molar-refractivity contribution in [2.45, 2.75) is 4.84 Å². The Morgan fingerprint density at radius 1 is 0.882 bits per heavy atom. The molecular formula is C10H26Cl2N2O3. The van der Waals surface area contributed by atoms with Crippen LogP contribution in [0.4, 0.5) is 0 Å². The molecule has 1 N–H and O–H groups in total. The second kappa shape index (κ2) is 11.0. The van der Waals surface area contributed by atoms with Crippen LogP contribution in [0, 0.1) is 0 Å². The average Bonchev–Trinajstić information content (AvgIpc) is 1.77. The van der Waals surface area contributed by atoms with Gasteiger partial charge in [0.25, 0.3) is 0 Å². The number of rotatable bonds is 1. The molecule has 5 nitrogen and oxygen atoms in total. The van der Waals surface area contributed by atoms with Gasteiger partial charge in [0.1, 0.15) is 4.84 Å². The van der Waals surface area contributed by atoms with E-state index >= 15 is 0 Å². The molecule has 0 atom stereocenters. The van der Waals surface area contributed by atoms with Gasteiger partial charge < -0.3 is 24.3 Å². The van der Waals surface area contributed by atoms with Crippen LogP contribution in [-0.4, -0.2) is 81.6 Å². The van der Waals surface area contributed by atoms with E-state index in [-0.39, 0.29) is 5.48 Å². The van der Waals surface area contributed by atoms with Crippen molar-refractivity contribution in [3.8, 4) is 0 Å². The molecule has 0 aromatic carbocycles. The van der Waals surface area contributed by atoms with Gasteiger partial charge in [-0.2, -0.15) is 0 Å². The number of hydrogen-bond acceptors (Lipinski definition) is 3. The number of hydrogen-bond donors (Lipinski definition) is 0. The summed E-state index contributed by atoms with van der Waals surface area (Å²) in [7, 11) is 17.0. The van der Waals surface area contributed by atoms with Crippen molar-refractivity contribution < 1.29 is 24.3 Å². The van der Waals surface area contributed by atoms with Crippen molar-refractivity contribution in [3.05, 3.63) is 0 Å². The molecule has 17 heavy (non-hydrogen) atoms. The van der Waals surface area contributed by atoms with Crippen LogP contribution in [0.2, 0.25) is 0 Å². The van der Waals surface area contributed by atoms with Crippen LogP contribution in [0.1, 0.15) is 0 Å². The van der Waals surface area contributed by atoms with E-state index < -0.39 is 10.8 Å². The third kappa shape index (κ3) is 200. The van der Waals surface area contributed by atoms with Crippen LogP contribution in [0.3, 0.4) is 0 Å². The van der Waals surface area contributed by atoms with E-state index in [1.54, 1.807) is 0 Å². The number of carboxylic acid groups (broad SMARTS) is 1. The Hall–Kier alpha value is -0.0700. The van der Waals surface area contributed by atoms with Gasteiger partial charge in [0.05, 0.1) is 62.4 Å². The minimum Gasteiger partial charge on any atom is -0.870 e. The normalized spacial score (nSPS) is 10.3. The van der Waals surface area contributed by atoms with Crippen LogP contribution in [0.25, 0.3) is 0 Å². The van der Waals surface area contributed by atoms with E-state index in [0.717, 1.165) is 8.97 Å². The smallest absolute Gasteiger partial charge is 0.146 e. The number of carbonyl (C=O) groups is 1. The maximum atomic E-state index is 9.32. The molecule has 108 valence electrons. The predicted octanol–water partition coefficient (Wildman–Crippen LogP) is 0.00800. The van der Waals surface area contributed by atoms with Crippen LogP contribution >= 0.6 is 23.2 Å². The molecule has 0 unspecified atom stereocenters. The Bertz CT molecular complexity index is 163. The fourth-order valence-corrected chi connectivity index (χ4v) is 0. The first-order chi connectivity index (χ1) is 6.64. The van der Waals surface area contributed by atoms with Gasteiger partial charge in [0.2, 0.25) is 0 Å². The summed E-state index contributed by atoms with van der Waals surface area (Å²) in [5, 5.41) is 9.32. The minimum absolute atomic E-state index is 0. The minimum atomic E-state index is -1.46. The summed E-state index contributed by atoms with van der Waals surface area (Å²) in [4.78, 5) is 7.93. The van der Waals surface area contributed by atoms with E-state index in [0.29, 0.717) is 0 Å². The zero-order valence-corrected chi connectivity index (χ0v) is 13.5. The standard InChI is InChI=1S/2C4H12N.C2H2Cl2O2.H2O/c2*1-5(2,3)4;3-1(4)2(5)6;/h2*1-4H3;1H,(H,5,6);1H2/q2*+1;;/p-2. The van der Waals surface area contributed by atoms with Crippen molar-refractivity contribution in [2.24, 2.45) is 0 Å². The second-order valence-corrected chi connectivity index (χ2v) is 7.08. The zero-order valence-electron chi connectivity index (χ0n) is 12.0. The number of carbonyl (C=O) groups excluding carboxylic acids is 1. The molecule has 0 saturated heterocycles. The van der Waals surface area contributed by atoms with Gasteiger partial charge in [0.15, 0.2) is 0 Å². The first-order valence-corrected chi connectivity index (χ1v) is 5.58. The SMILES string of the molecule is C[N+](C)(C)C.C[N+](C)(C)C.O=C([O-])C(Cl)Cl.[OH-]. The molecule has 0 bridgehead atoms. The monoisotopic (exact) mass is 292 g/mol. The van der Waals surface area contributed by atoms with Crippen molar-refractivity contribution >= 4 is 29.2 Å². The van der Waals surface area contributed by atoms with Crippen molar-refractivity contribution in [1.29, 1.82) is 0 Å². The fourth-order valence-electron chi connectivity index (χ4n) is 0. The van der Waals surface area contributed by atoms with E-state index in [2.05, 4.69) is 56.4 Å². The molecule has 0 aliphatic rings. The van der Waals surface area contributed by atoms with E-state index in [1.165, 1.54) is 0 Å². The summed E-state index contributed by atoms with van der Waals surface area (Å²) >= 11 is 9.43. The maximum Gasteiger partial charge on any atom is 0.146 e. The Morgan fingerprint density at radius 3 is 0.941 bits per heavy atom. The fraction of sp³-hybridized carbons (Fsp3) is 0.900. The Morgan fingerprint density at radius 2 is 0.941 bits per heavy atom. The quantitative estimate of drug-likeness (QED) is 0.505. The molecule has 0 aromatic heterocycles. The first-order valence-electron chi connectivity index (χ1n) is 4.71. The number of carboxylic acids is 1. The average molecular weight is 293 g/mol. The van der Waals surface area contributed by atoms with Crippen LogP contribution in [0.5, 0.6) is 0 Å². The van der Waals surface area contributed by atoms with E-state index in [9.17, 15) is 9.90 Å². The van der Waals surface area contributed by atoms with Crippen LogP contribution in [0.15, 0.2) is 0 Å². The number of quaternary nitrogens is 2. The van der Waals surface area contributed by atoms with Gasteiger partial charge in [0, 0.05) is 0 Å². The zero-order chi connectivity index (χ0) is 14.2. The summed E-state index contributed by atoms with van der Waals surface area (Å²) < 4.78 is 2.00. The molecule has 0 aliphatic carbocycles. The molecule has 0 heterocycles.